The average molecular weight is 345 g/mol. The molecular weight excluding hydrogens is 322 g/mol. The van der Waals surface area contributed by atoms with Gasteiger partial charge in [-0.2, -0.15) is 0 Å². The van der Waals surface area contributed by atoms with Crippen LogP contribution >= 0.6 is 0 Å². The highest BCUT2D eigenvalue weighted by molar-refractivity contribution is 5.83. The molecule has 2 aromatic rings. The molecule has 0 bridgehead atoms. The van der Waals surface area contributed by atoms with Crippen LogP contribution in [-0.4, -0.2) is 32.2 Å². The molecule has 0 saturated heterocycles. The van der Waals surface area contributed by atoms with Gasteiger partial charge in [0.15, 0.2) is 0 Å². The van der Waals surface area contributed by atoms with Crippen molar-refractivity contribution >= 4 is 5.71 Å². The van der Waals surface area contributed by atoms with E-state index in [1.54, 1.807) is 0 Å². The molecule has 0 aliphatic rings. The van der Waals surface area contributed by atoms with Gasteiger partial charge in [-0.3, -0.25) is 9.36 Å². The lowest BCUT2D eigenvalue weighted by molar-refractivity contribution is 0.292. The highest BCUT2D eigenvalue weighted by Crippen LogP contribution is 2.16. The minimum absolute atomic E-state index is 0.0818. The first-order chi connectivity index (χ1) is 12.0. The Bertz CT molecular complexity index is 851. The third kappa shape index (κ3) is 4.45. The molecule has 0 aliphatic carbocycles. The van der Waals surface area contributed by atoms with Crippen molar-refractivity contribution in [3.8, 4) is 0 Å². The van der Waals surface area contributed by atoms with Crippen LogP contribution < -0.4 is 11.2 Å². The molecule has 0 atom stereocenters. The van der Waals surface area contributed by atoms with E-state index >= 15 is 0 Å². The second-order valence-corrected chi connectivity index (χ2v) is 6.17. The van der Waals surface area contributed by atoms with Crippen LogP contribution in [0.2, 0.25) is 0 Å². The second kappa shape index (κ2) is 8.43. The van der Waals surface area contributed by atoms with Crippen LogP contribution in [0.25, 0.3) is 0 Å². The fraction of sp³-hybridized carbons (Fsp3) is 0.389. The van der Waals surface area contributed by atoms with Crippen LogP contribution in [-0.2, 0) is 13.0 Å². The van der Waals surface area contributed by atoms with Crippen LogP contribution in [0.5, 0.6) is 0 Å². The molecule has 0 unspecified atom stereocenters. The Kier molecular flexibility index (Phi) is 6.30. The van der Waals surface area contributed by atoms with E-state index in [0.717, 1.165) is 10.1 Å². The largest absolute Gasteiger partial charge is 0.411 e. The molecular formula is C18H23N3O4. The van der Waals surface area contributed by atoms with Gasteiger partial charge < -0.3 is 15.3 Å². The average Bonchev–Trinajstić information content (AvgIpc) is 2.58. The van der Waals surface area contributed by atoms with Crippen molar-refractivity contribution in [2.75, 3.05) is 6.61 Å². The Morgan fingerprint density at radius 2 is 1.92 bits per heavy atom. The minimum Gasteiger partial charge on any atom is -0.411 e. The molecule has 1 heterocycles. The van der Waals surface area contributed by atoms with E-state index in [9.17, 15) is 9.59 Å². The van der Waals surface area contributed by atoms with E-state index in [-0.39, 0.29) is 31.2 Å². The predicted molar refractivity (Wildman–Crippen MR) is 95.6 cm³/mol. The quantitative estimate of drug-likeness (QED) is 0.401. The Hall–Kier alpha value is -2.67. The highest BCUT2D eigenvalue weighted by atomic mass is 16.4. The zero-order valence-electron chi connectivity index (χ0n) is 14.4. The van der Waals surface area contributed by atoms with E-state index in [0.29, 0.717) is 17.7 Å². The number of hydrogen-bond acceptors (Lipinski definition) is 5. The molecule has 0 fully saturated rings. The molecule has 2 rings (SSSR count). The van der Waals surface area contributed by atoms with Gasteiger partial charge in [0.2, 0.25) is 0 Å². The molecule has 3 N–H and O–H groups in total. The highest BCUT2D eigenvalue weighted by Gasteiger charge is 2.18. The van der Waals surface area contributed by atoms with E-state index in [1.165, 1.54) is 0 Å². The lowest BCUT2D eigenvalue weighted by Gasteiger charge is -2.15. The maximum absolute atomic E-state index is 12.8. The lowest BCUT2D eigenvalue weighted by Crippen LogP contribution is -2.41. The first-order valence-corrected chi connectivity index (χ1v) is 8.18. The van der Waals surface area contributed by atoms with Crippen molar-refractivity contribution in [2.24, 2.45) is 5.16 Å². The standard InChI is InChI=1S/C18H23N3O4/c1-12(2)16-15(10-13-6-4-3-5-7-13)19-18(24)21(17(16)23)11-14(20-25)8-9-22/h3-7,12,22,25H,8-11H2,1-2H3,(H,19,24). The summed E-state index contributed by atoms with van der Waals surface area (Å²) in [6.07, 6.45) is 0.544. The molecule has 25 heavy (non-hydrogen) atoms. The van der Waals surface area contributed by atoms with Gasteiger partial charge in [0, 0.05) is 30.7 Å². The zero-order chi connectivity index (χ0) is 18.4. The van der Waals surface area contributed by atoms with Crippen molar-refractivity contribution in [1.82, 2.24) is 9.55 Å². The fourth-order valence-corrected chi connectivity index (χ4v) is 2.78. The van der Waals surface area contributed by atoms with Crippen molar-refractivity contribution in [2.45, 2.75) is 39.2 Å². The fourth-order valence-electron chi connectivity index (χ4n) is 2.78. The van der Waals surface area contributed by atoms with Crippen LogP contribution in [0.3, 0.4) is 0 Å². The summed E-state index contributed by atoms with van der Waals surface area (Å²) in [6, 6.07) is 9.59. The Labute approximate surface area is 145 Å². The van der Waals surface area contributed by atoms with Crippen molar-refractivity contribution < 1.29 is 10.3 Å². The molecule has 0 spiro atoms. The van der Waals surface area contributed by atoms with Crippen LogP contribution in [0.4, 0.5) is 0 Å². The summed E-state index contributed by atoms with van der Waals surface area (Å²) in [7, 11) is 0. The Balaban J connectivity index is 2.50. The van der Waals surface area contributed by atoms with Gasteiger partial charge in [-0.15, -0.1) is 0 Å². The van der Waals surface area contributed by atoms with E-state index < -0.39 is 11.2 Å². The summed E-state index contributed by atoms with van der Waals surface area (Å²) in [6.45, 7) is 3.40. The lowest BCUT2D eigenvalue weighted by atomic mass is 9.98. The van der Waals surface area contributed by atoms with Gasteiger partial charge in [-0.25, -0.2) is 4.79 Å². The van der Waals surface area contributed by atoms with Gasteiger partial charge >= 0.3 is 5.69 Å². The number of oxime groups is 1. The SMILES string of the molecule is CC(C)c1c(Cc2ccccc2)[nH]c(=O)n(CC(CCO)=NO)c1=O. The third-order valence-electron chi connectivity index (χ3n) is 3.99. The number of nitrogens with zero attached hydrogens (tertiary/aromatic N) is 2. The van der Waals surface area contributed by atoms with Crippen molar-refractivity contribution in [1.29, 1.82) is 0 Å². The van der Waals surface area contributed by atoms with Gasteiger partial charge in [0.1, 0.15) is 0 Å². The molecule has 1 aromatic heterocycles. The number of aliphatic hydroxyl groups is 1. The number of aliphatic hydroxyl groups excluding tert-OH is 1. The zero-order valence-corrected chi connectivity index (χ0v) is 14.4. The van der Waals surface area contributed by atoms with Gasteiger partial charge in [0.05, 0.1) is 12.3 Å². The van der Waals surface area contributed by atoms with Crippen LogP contribution in [0.1, 0.15) is 43.0 Å². The second-order valence-electron chi connectivity index (χ2n) is 6.17. The maximum atomic E-state index is 12.8. The Morgan fingerprint density at radius 1 is 1.24 bits per heavy atom. The summed E-state index contributed by atoms with van der Waals surface area (Å²) in [5, 5.41) is 21.0. The molecule has 1 aromatic carbocycles. The summed E-state index contributed by atoms with van der Waals surface area (Å²) in [4.78, 5) is 28.0. The van der Waals surface area contributed by atoms with Gasteiger partial charge in [0.25, 0.3) is 5.56 Å². The normalized spacial score (nSPS) is 11.9. The van der Waals surface area contributed by atoms with Gasteiger partial charge in [-0.05, 0) is 11.5 Å². The summed E-state index contributed by atoms with van der Waals surface area (Å²) in [5.41, 5.74) is 1.33. The maximum Gasteiger partial charge on any atom is 0.328 e. The number of benzene rings is 1. The number of aromatic amines is 1. The minimum atomic E-state index is -0.556. The third-order valence-corrected chi connectivity index (χ3v) is 3.99. The van der Waals surface area contributed by atoms with Crippen LogP contribution in [0.15, 0.2) is 45.1 Å². The monoisotopic (exact) mass is 345 g/mol. The Morgan fingerprint density at radius 3 is 2.48 bits per heavy atom. The summed E-state index contributed by atoms with van der Waals surface area (Å²) >= 11 is 0. The topological polar surface area (TPSA) is 108 Å². The van der Waals surface area contributed by atoms with Crippen LogP contribution in [0, 0.1) is 0 Å². The molecule has 0 amide bonds. The summed E-state index contributed by atoms with van der Waals surface area (Å²) in [5.74, 6) is -0.0818. The number of nitrogens with one attached hydrogen (secondary N) is 1. The molecule has 0 aliphatic heterocycles. The van der Waals surface area contributed by atoms with E-state index in [1.807, 2.05) is 44.2 Å². The number of aromatic nitrogens is 2. The molecule has 134 valence electrons. The van der Waals surface area contributed by atoms with Crippen molar-refractivity contribution in [3.05, 3.63) is 68.0 Å². The van der Waals surface area contributed by atoms with Gasteiger partial charge in [-0.1, -0.05) is 49.3 Å². The molecule has 0 radical (unpaired) electrons. The van der Waals surface area contributed by atoms with E-state index in [2.05, 4.69) is 10.1 Å². The first kappa shape index (κ1) is 18.7. The summed E-state index contributed by atoms with van der Waals surface area (Å²) < 4.78 is 1.01. The van der Waals surface area contributed by atoms with E-state index in [4.69, 9.17) is 10.3 Å². The number of hydrogen-bond donors (Lipinski definition) is 3. The molecule has 7 nitrogen and oxygen atoms in total. The smallest absolute Gasteiger partial charge is 0.328 e. The first-order valence-electron chi connectivity index (χ1n) is 8.18. The predicted octanol–water partition coefficient (Wildman–Crippen LogP) is 1.46. The number of H-pyrrole nitrogens is 1. The number of rotatable bonds is 7. The molecule has 0 saturated carbocycles. The van der Waals surface area contributed by atoms with Crippen molar-refractivity contribution in [3.63, 3.8) is 0 Å². The molecule has 7 heteroatoms.